The zero-order chi connectivity index (χ0) is 10.7. The molecule has 74 valence electrons. The van der Waals surface area contributed by atoms with Crippen molar-refractivity contribution in [3.05, 3.63) is 47.4 Å². The van der Waals surface area contributed by atoms with Gasteiger partial charge in [-0.25, -0.2) is 9.22 Å². The van der Waals surface area contributed by atoms with Gasteiger partial charge in [0.1, 0.15) is 5.00 Å². The lowest BCUT2D eigenvalue weighted by molar-refractivity contribution is 1.36. The van der Waals surface area contributed by atoms with Crippen molar-refractivity contribution in [2.45, 2.75) is 6.92 Å². The van der Waals surface area contributed by atoms with Crippen LogP contribution in [0.1, 0.15) is 5.69 Å². The third-order valence-corrected chi connectivity index (χ3v) is 2.82. The van der Waals surface area contributed by atoms with Crippen LogP contribution in [0, 0.1) is 13.5 Å². The van der Waals surface area contributed by atoms with E-state index in [1.54, 1.807) is 0 Å². The molecule has 0 atom stereocenters. The molecule has 2 rings (SSSR count). The molecule has 0 spiro atoms. The van der Waals surface area contributed by atoms with Crippen molar-refractivity contribution in [3.8, 4) is 0 Å². The van der Waals surface area contributed by atoms with E-state index in [1.165, 1.54) is 11.5 Å². The molecule has 0 bridgehead atoms. The molecule has 0 unspecified atom stereocenters. The van der Waals surface area contributed by atoms with E-state index in [9.17, 15) is 0 Å². The number of anilines is 2. The quantitative estimate of drug-likeness (QED) is 0.773. The number of hydrogen-bond acceptors (Lipinski definition) is 3. The minimum absolute atomic E-state index is 0.615. The van der Waals surface area contributed by atoms with Gasteiger partial charge in [0.05, 0.1) is 12.3 Å². The van der Waals surface area contributed by atoms with Gasteiger partial charge in [0.25, 0.3) is 0 Å². The second kappa shape index (κ2) is 4.11. The fourth-order valence-corrected chi connectivity index (χ4v) is 1.99. The predicted octanol–water partition coefficient (Wildman–Crippen LogP) is 3.75. The smallest absolute Gasteiger partial charge is 0.243 e. The molecule has 0 fully saturated rings. The lowest BCUT2D eigenvalue weighted by atomic mass is 10.3. The number of rotatable bonds is 2. The minimum atomic E-state index is 0.615. The highest BCUT2D eigenvalue weighted by Crippen LogP contribution is 2.34. The Kier molecular flexibility index (Phi) is 2.66. The second-order valence-corrected chi connectivity index (χ2v) is 3.82. The van der Waals surface area contributed by atoms with Gasteiger partial charge in [0, 0.05) is 5.69 Å². The summed E-state index contributed by atoms with van der Waals surface area (Å²) in [6.45, 7) is 8.91. The summed E-state index contributed by atoms with van der Waals surface area (Å²) in [5.41, 5.74) is 2.38. The summed E-state index contributed by atoms with van der Waals surface area (Å²) in [6, 6.07) is 9.78. The van der Waals surface area contributed by atoms with Crippen molar-refractivity contribution >= 4 is 27.9 Å². The average Bonchev–Trinajstić information content (AvgIpc) is 2.61. The maximum absolute atomic E-state index is 7.06. The zero-order valence-corrected chi connectivity index (χ0v) is 9.01. The first kappa shape index (κ1) is 9.69. The van der Waals surface area contributed by atoms with Gasteiger partial charge in [-0.2, -0.15) is 0 Å². The first-order valence-electron chi connectivity index (χ1n) is 4.47. The number of nitrogens with zero attached hydrogens (tertiary/aromatic N) is 2. The van der Waals surface area contributed by atoms with E-state index in [4.69, 9.17) is 6.57 Å². The molecular weight excluding hydrogens is 206 g/mol. The van der Waals surface area contributed by atoms with Crippen molar-refractivity contribution in [3.63, 3.8) is 0 Å². The van der Waals surface area contributed by atoms with Gasteiger partial charge in [-0.1, -0.05) is 18.2 Å². The molecule has 0 saturated carbocycles. The number of benzene rings is 1. The molecule has 4 heteroatoms. The Labute approximate surface area is 92.4 Å². The van der Waals surface area contributed by atoms with Gasteiger partial charge in [-0.15, -0.1) is 0 Å². The molecule has 0 aliphatic heterocycles. The summed E-state index contributed by atoms with van der Waals surface area (Å²) in [5.74, 6) is 0. The zero-order valence-electron chi connectivity index (χ0n) is 8.19. The normalized spacial score (nSPS) is 9.60. The van der Waals surface area contributed by atoms with Crippen molar-refractivity contribution in [2.75, 3.05) is 5.32 Å². The number of hydrogen-bond donors (Lipinski definition) is 1. The van der Waals surface area contributed by atoms with E-state index in [-0.39, 0.29) is 0 Å². The Bertz CT molecular complexity index is 496. The lowest BCUT2D eigenvalue weighted by Gasteiger charge is -2.02. The highest BCUT2D eigenvalue weighted by atomic mass is 32.1. The third kappa shape index (κ3) is 1.97. The van der Waals surface area contributed by atoms with Crippen molar-refractivity contribution < 1.29 is 0 Å². The Morgan fingerprint density at radius 3 is 2.73 bits per heavy atom. The fourth-order valence-electron chi connectivity index (χ4n) is 1.23. The van der Waals surface area contributed by atoms with Crippen LogP contribution in [0.5, 0.6) is 0 Å². The monoisotopic (exact) mass is 215 g/mol. The van der Waals surface area contributed by atoms with Crippen LogP contribution in [0.15, 0.2) is 30.3 Å². The van der Waals surface area contributed by atoms with E-state index in [2.05, 4.69) is 14.5 Å². The van der Waals surface area contributed by atoms with E-state index in [0.29, 0.717) is 5.69 Å². The predicted molar refractivity (Wildman–Crippen MR) is 62.8 cm³/mol. The number of nitrogens with one attached hydrogen (secondary N) is 1. The number of aryl methyl sites for hydroxylation is 1. The topological polar surface area (TPSA) is 29.3 Å². The van der Waals surface area contributed by atoms with Crippen LogP contribution in [-0.2, 0) is 0 Å². The maximum atomic E-state index is 7.06. The summed E-state index contributed by atoms with van der Waals surface area (Å²) in [7, 11) is 0. The highest BCUT2D eigenvalue weighted by molar-refractivity contribution is 7.11. The molecule has 1 aromatic carbocycles. The summed E-state index contributed by atoms with van der Waals surface area (Å²) in [6.07, 6.45) is 0. The number of para-hydroxylation sites is 1. The fraction of sp³-hybridized carbons (Fsp3) is 0.0909. The molecule has 0 saturated heterocycles. The van der Waals surface area contributed by atoms with E-state index in [1.807, 2.05) is 37.3 Å². The van der Waals surface area contributed by atoms with E-state index in [0.717, 1.165) is 16.4 Å². The van der Waals surface area contributed by atoms with E-state index >= 15 is 0 Å². The van der Waals surface area contributed by atoms with Gasteiger partial charge in [0.15, 0.2) is 0 Å². The minimum Gasteiger partial charge on any atom is -0.355 e. The van der Waals surface area contributed by atoms with Gasteiger partial charge >= 0.3 is 0 Å². The van der Waals surface area contributed by atoms with Crippen LogP contribution in [-0.4, -0.2) is 4.37 Å². The van der Waals surface area contributed by atoms with Gasteiger partial charge in [0.2, 0.25) is 5.69 Å². The van der Waals surface area contributed by atoms with Crippen LogP contribution in [0.3, 0.4) is 0 Å². The van der Waals surface area contributed by atoms with Crippen LogP contribution in [0.2, 0.25) is 0 Å². The van der Waals surface area contributed by atoms with Crippen LogP contribution in [0.25, 0.3) is 4.85 Å². The maximum Gasteiger partial charge on any atom is 0.243 e. The molecule has 1 N–H and O–H groups in total. The lowest BCUT2D eigenvalue weighted by Crippen LogP contribution is -1.85. The van der Waals surface area contributed by atoms with Gasteiger partial charge in [-0.05, 0) is 30.6 Å². The molecule has 1 heterocycles. The molecule has 0 amide bonds. The van der Waals surface area contributed by atoms with Crippen molar-refractivity contribution in [1.82, 2.24) is 4.37 Å². The van der Waals surface area contributed by atoms with E-state index < -0.39 is 0 Å². The summed E-state index contributed by atoms with van der Waals surface area (Å²) in [4.78, 5) is 3.46. The Morgan fingerprint density at radius 2 is 2.07 bits per heavy atom. The second-order valence-electron chi connectivity index (χ2n) is 3.05. The molecule has 0 aliphatic rings. The molecule has 1 aromatic heterocycles. The third-order valence-electron chi connectivity index (χ3n) is 1.98. The van der Waals surface area contributed by atoms with Crippen molar-refractivity contribution in [1.29, 1.82) is 0 Å². The van der Waals surface area contributed by atoms with Gasteiger partial charge < -0.3 is 5.32 Å². The first-order chi connectivity index (χ1) is 7.31. The van der Waals surface area contributed by atoms with Gasteiger partial charge in [-0.3, -0.25) is 0 Å². The first-order valence-corrected chi connectivity index (χ1v) is 5.24. The Morgan fingerprint density at radius 1 is 1.33 bits per heavy atom. The molecule has 0 aliphatic carbocycles. The molecular formula is C11H9N3S. The highest BCUT2D eigenvalue weighted by Gasteiger charge is 2.09. The number of aromatic nitrogens is 1. The molecule has 15 heavy (non-hydrogen) atoms. The Hall–Kier alpha value is -1.86. The summed E-state index contributed by atoms with van der Waals surface area (Å²) in [5, 5.41) is 4.00. The molecule has 2 aromatic rings. The van der Waals surface area contributed by atoms with Crippen LogP contribution >= 0.6 is 11.5 Å². The molecule has 3 nitrogen and oxygen atoms in total. The average molecular weight is 215 g/mol. The van der Waals surface area contributed by atoms with Crippen LogP contribution in [0.4, 0.5) is 16.4 Å². The van der Waals surface area contributed by atoms with Crippen molar-refractivity contribution in [2.24, 2.45) is 0 Å². The molecule has 0 radical (unpaired) electrons. The SMILES string of the molecule is [C-]#[N+]c1c(C)nsc1Nc1ccccc1. The Balaban J connectivity index is 2.30. The standard InChI is InChI=1S/C11H9N3S/c1-8-10(12-2)11(15-14-8)13-9-6-4-3-5-7-9/h3-7,13H,1H3. The summed E-state index contributed by atoms with van der Waals surface area (Å²) < 4.78 is 4.15. The summed E-state index contributed by atoms with van der Waals surface area (Å²) >= 11 is 1.32. The largest absolute Gasteiger partial charge is 0.355 e. The van der Waals surface area contributed by atoms with Crippen LogP contribution < -0.4 is 5.32 Å².